The molecule has 1 amide bonds. The highest BCUT2D eigenvalue weighted by Gasteiger charge is 2.27. The summed E-state index contributed by atoms with van der Waals surface area (Å²) < 4.78 is 0. The lowest BCUT2D eigenvalue weighted by molar-refractivity contribution is -0.137. The van der Waals surface area contributed by atoms with Gasteiger partial charge in [-0.05, 0) is 31.0 Å². The van der Waals surface area contributed by atoms with Crippen molar-refractivity contribution in [1.29, 1.82) is 0 Å². The van der Waals surface area contributed by atoms with Gasteiger partial charge in [0.15, 0.2) is 0 Å². The smallest absolute Gasteiger partial charge is 0.294 e. The number of carbonyl (C=O) groups excluding carboxylic acids is 2. The van der Waals surface area contributed by atoms with Gasteiger partial charge in [0.2, 0.25) is 5.78 Å². The minimum Gasteiger partial charge on any atom is -0.306 e. The van der Waals surface area contributed by atoms with Crippen LogP contribution in [0.1, 0.15) is 18.4 Å². The topological polar surface area (TPSA) is 37.4 Å². The first-order valence-electron chi connectivity index (χ1n) is 5.20. The fourth-order valence-electron chi connectivity index (χ4n) is 1.75. The Morgan fingerprint density at radius 2 is 2.06 bits per heavy atom. The second-order valence-corrected chi connectivity index (χ2v) is 4.32. The van der Waals surface area contributed by atoms with Crippen molar-refractivity contribution in [3.05, 3.63) is 28.8 Å². The first-order chi connectivity index (χ1) is 7.59. The van der Waals surface area contributed by atoms with Crippen molar-refractivity contribution in [1.82, 2.24) is 0 Å². The molecule has 1 fully saturated rings. The van der Waals surface area contributed by atoms with E-state index in [0.717, 1.165) is 12.0 Å². The number of ketones is 1. The maximum absolute atomic E-state index is 11.7. The molecule has 0 radical (unpaired) electrons. The molecule has 16 heavy (non-hydrogen) atoms. The fourth-order valence-corrected chi connectivity index (χ4v) is 1.93. The van der Waals surface area contributed by atoms with Gasteiger partial charge in [0, 0.05) is 23.7 Å². The maximum atomic E-state index is 11.7. The van der Waals surface area contributed by atoms with Crippen molar-refractivity contribution in [2.75, 3.05) is 11.4 Å². The van der Waals surface area contributed by atoms with Crippen LogP contribution in [0.15, 0.2) is 18.2 Å². The van der Waals surface area contributed by atoms with Crippen LogP contribution in [0.2, 0.25) is 5.02 Å². The Bertz CT molecular complexity index is 456. The molecule has 1 aromatic rings. The van der Waals surface area contributed by atoms with E-state index in [1.54, 1.807) is 6.07 Å². The number of Topliss-reactive ketones (excluding diaryl/α,β-unsaturated/α-hetero) is 1. The average molecular weight is 238 g/mol. The SMILES string of the molecule is Cc1ccc(N2CCCC(=O)C2=O)cc1Cl. The van der Waals surface area contributed by atoms with E-state index < -0.39 is 5.91 Å². The summed E-state index contributed by atoms with van der Waals surface area (Å²) in [4.78, 5) is 24.5. The van der Waals surface area contributed by atoms with Crippen LogP contribution in [-0.2, 0) is 9.59 Å². The molecular weight excluding hydrogens is 226 g/mol. The number of hydrogen-bond acceptors (Lipinski definition) is 2. The van der Waals surface area contributed by atoms with Crippen molar-refractivity contribution in [2.45, 2.75) is 19.8 Å². The first-order valence-corrected chi connectivity index (χ1v) is 5.58. The van der Waals surface area contributed by atoms with Gasteiger partial charge in [0.25, 0.3) is 5.91 Å². The van der Waals surface area contributed by atoms with Crippen LogP contribution in [0.4, 0.5) is 5.69 Å². The van der Waals surface area contributed by atoms with E-state index in [0.29, 0.717) is 23.7 Å². The van der Waals surface area contributed by atoms with Crippen molar-refractivity contribution < 1.29 is 9.59 Å². The third-order valence-corrected chi connectivity index (χ3v) is 3.14. The number of hydrogen-bond donors (Lipinski definition) is 0. The molecular formula is C12H12ClNO2. The Morgan fingerprint density at radius 1 is 1.31 bits per heavy atom. The van der Waals surface area contributed by atoms with Crippen LogP contribution >= 0.6 is 11.6 Å². The second kappa shape index (κ2) is 4.26. The zero-order chi connectivity index (χ0) is 11.7. The van der Waals surface area contributed by atoms with Gasteiger partial charge in [0.05, 0.1) is 0 Å². The third-order valence-electron chi connectivity index (χ3n) is 2.74. The molecule has 4 heteroatoms. The van der Waals surface area contributed by atoms with Gasteiger partial charge in [0.1, 0.15) is 0 Å². The number of nitrogens with zero attached hydrogens (tertiary/aromatic N) is 1. The van der Waals surface area contributed by atoms with Crippen LogP contribution in [0.3, 0.4) is 0 Å². The molecule has 0 aromatic heterocycles. The molecule has 1 aliphatic rings. The molecule has 1 aliphatic heterocycles. The fraction of sp³-hybridized carbons (Fsp3) is 0.333. The van der Waals surface area contributed by atoms with E-state index in [1.807, 2.05) is 19.1 Å². The van der Waals surface area contributed by atoms with Gasteiger partial charge in [-0.3, -0.25) is 9.59 Å². The molecule has 0 bridgehead atoms. The van der Waals surface area contributed by atoms with Gasteiger partial charge >= 0.3 is 0 Å². The summed E-state index contributed by atoms with van der Waals surface area (Å²) in [6, 6.07) is 5.40. The van der Waals surface area contributed by atoms with Crippen LogP contribution in [0, 0.1) is 6.92 Å². The molecule has 84 valence electrons. The van der Waals surface area contributed by atoms with Gasteiger partial charge in [-0.1, -0.05) is 17.7 Å². The summed E-state index contributed by atoms with van der Waals surface area (Å²) in [5, 5.41) is 0.614. The monoisotopic (exact) mass is 237 g/mol. The third kappa shape index (κ3) is 1.95. The minimum absolute atomic E-state index is 0.317. The molecule has 1 saturated heterocycles. The number of halogens is 1. The van der Waals surface area contributed by atoms with E-state index in [4.69, 9.17) is 11.6 Å². The molecule has 1 aromatic carbocycles. The maximum Gasteiger partial charge on any atom is 0.294 e. The van der Waals surface area contributed by atoms with Crippen molar-refractivity contribution in [3.63, 3.8) is 0 Å². The predicted molar refractivity (Wildman–Crippen MR) is 62.8 cm³/mol. The first kappa shape index (κ1) is 11.1. The molecule has 2 rings (SSSR count). The quantitative estimate of drug-likeness (QED) is 0.703. The van der Waals surface area contributed by atoms with E-state index in [-0.39, 0.29) is 5.78 Å². The van der Waals surface area contributed by atoms with Gasteiger partial charge in [-0.25, -0.2) is 0 Å². The number of anilines is 1. The van der Waals surface area contributed by atoms with E-state index in [9.17, 15) is 9.59 Å². The summed E-state index contributed by atoms with van der Waals surface area (Å²) in [6.45, 7) is 2.49. The normalized spacial score (nSPS) is 16.8. The highest BCUT2D eigenvalue weighted by atomic mass is 35.5. The molecule has 0 N–H and O–H groups in total. The van der Waals surface area contributed by atoms with E-state index >= 15 is 0 Å². The standard InChI is InChI=1S/C12H12ClNO2/c1-8-4-5-9(7-10(8)13)14-6-2-3-11(15)12(14)16/h4-5,7H,2-3,6H2,1H3. The zero-order valence-electron chi connectivity index (χ0n) is 9.00. The highest BCUT2D eigenvalue weighted by Crippen LogP contribution is 2.25. The summed E-state index contributed by atoms with van der Waals surface area (Å²) in [7, 11) is 0. The number of piperidine rings is 1. The number of benzene rings is 1. The van der Waals surface area contributed by atoms with Gasteiger partial charge < -0.3 is 4.90 Å². The Kier molecular flexibility index (Phi) is 2.97. The van der Waals surface area contributed by atoms with Gasteiger partial charge in [-0.15, -0.1) is 0 Å². The molecule has 0 atom stereocenters. The number of carbonyl (C=O) groups is 2. The van der Waals surface area contributed by atoms with Crippen molar-refractivity contribution >= 4 is 29.0 Å². The van der Waals surface area contributed by atoms with Crippen molar-refractivity contribution in [3.8, 4) is 0 Å². The average Bonchev–Trinajstić information content (AvgIpc) is 2.26. The number of amides is 1. The molecule has 0 aliphatic carbocycles. The molecule has 0 spiro atoms. The number of aryl methyl sites for hydroxylation is 1. The second-order valence-electron chi connectivity index (χ2n) is 3.92. The minimum atomic E-state index is -0.425. The van der Waals surface area contributed by atoms with Crippen LogP contribution in [-0.4, -0.2) is 18.2 Å². The van der Waals surface area contributed by atoms with Crippen LogP contribution < -0.4 is 4.90 Å². The summed E-state index contributed by atoms with van der Waals surface area (Å²) in [6.07, 6.45) is 1.07. The Labute approximate surface area is 99.0 Å². The van der Waals surface area contributed by atoms with Crippen LogP contribution in [0.5, 0.6) is 0 Å². The summed E-state index contributed by atoms with van der Waals surface area (Å²) in [5.74, 6) is -0.742. The van der Waals surface area contributed by atoms with Crippen LogP contribution in [0.25, 0.3) is 0 Å². The highest BCUT2D eigenvalue weighted by molar-refractivity contribution is 6.42. The molecule has 1 heterocycles. The Morgan fingerprint density at radius 3 is 2.75 bits per heavy atom. The lowest BCUT2D eigenvalue weighted by Gasteiger charge is -2.26. The lowest BCUT2D eigenvalue weighted by Crippen LogP contribution is -2.41. The Balaban J connectivity index is 2.32. The molecule has 3 nitrogen and oxygen atoms in total. The molecule has 0 unspecified atom stereocenters. The van der Waals surface area contributed by atoms with E-state index in [1.165, 1.54) is 4.90 Å². The van der Waals surface area contributed by atoms with E-state index in [2.05, 4.69) is 0 Å². The summed E-state index contributed by atoms with van der Waals surface area (Å²) >= 11 is 5.99. The zero-order valence-corrected chi connectivity index (χ0v) is 9.75. The van der Waals surface area contributed by atoms with Crippen molar-refractivity contribution in [2.24, 2.45) is 0 Å². The molecule has 0 saturated carbocycles. The predicted octanol–water partition coefficient (Wildman–Crippen LogP) is 2.34. The Hall–Kier alpha value is -1.35. The summed E-state index contributed by atoms with van der Waals surface area (Å²) in [5.41, 5.74) is 1.66. The largest absolute Gasteiger partial charge is 0.306 e. The van der Waals surface area contributed by atoms with Gasteiger partial charge in [-0.2, -0.15) is 0 Å². The number of rotatable bonds is 1. The lowest BCUT2D eigenvalue weighted by atomic mass is 10.1.